The fraction of sp³-hybridized carbons (Fsp3) is 0.429. The lowest BCUT2D eigenvalue weighted by Crippen LogP contribution is -2.21. The van der Waals surface area contributed by atoms with Gasteiger partial charge in [0.2, 0.25) is 0 Å². The molecule has 3 aliphatic rings. The van der Waals surface area contributed by atoms with E-state index in [2.05, 4.69) is 15.1 Å². The number of anilines is 1. The Morgan fingerprint density at radius 3 is 2.73 bits per heavy atom. The van der Waals surface area contributed by atoms with Gasteiger partial charge in [0.1, 0.15) is 16.6 Å². The van der Waals surface area contributed by atoms with Gasteiger partial charge in [0.05, 0.1) is 29.7 Å². The van der Waals surface area contributed by atoms with Crippen molar-refractivity contribution in [1.29, 1.82) is 0 Å². The van der Waals surface area contributed by atoms with E-state index in [9.17, 15) is 13.2 Å². The lowest BCUT2D eigenvalue weighted by atomic mass is 10.0. The first-order valence-corrected chi connectivity index (χ1v) is 14.3. The zero-order valence-electron chi connectivity index (χ0n) is 22.0. The maximum Gasteiger partial charge on any atom is 0.416 e. The molecule has 8 nitrogen and oxygen atoms in total. The second kappa shape index (κ2) is 10.1. The van der Waals surface area contributed by atoms with Crippen molar-refractivity contribution in [2.24, 2.45) is 0 Å². The Morgan fingerprint density at radius 1 is 1.15 bits per heavy atom. The molecule has 5 heterocycles. The average molecular weight is 587 g/mol. The summed E-state index contributed by atoms with van der Waals surface area (Å²) in [7, 11) is 1.67. The first kappa shape index (κ1) is 26.5. The lowest BCUT2D eigenvalue weighted by Gasteiger charge is -2.22. The van der Waals surface area contributed by atoms with Crippen LogP contribution >= 0.6 is 11.3 Å². The first-order valence-electron chi connectivity index (χ1n) is 13.5. The van der Waals surface area contributed by atoms with Crippen molar-refractivity contribution in [3.05, 3.63) is 58.9 Å². The molecule has 1 aromatic carbocycles. The predicted molar refractivity (Wildman–Crippen MR) is 145 cm³/mol. The van der Waals surface area contributed by atoms with E-state index in [-0.39, 0.29) is 23.5 Å². The summed E-state index contributed by atoms with van der Waals surface area (Å²) in [5.41, 5.74) is 2.27. The number of aromatic amines is 1. The number of nitrogens with zero attached hydrogens (tertiary/aromatic N) is 5. The predicted octanol–water partition coefficient (Wildman–Crippen LogP) is 6.28. The molecule has 1 saturated heterocycles. The monoisotopic (exact) mass is 586 g/mol. The third-order valence-electron chi connectivity index (χ3n) is 7.82. The number of rotatable bonds is 6. The molecule has 4 aromatic rings. The molecule has 13 heteroatoms. The minimum Gasteiger partial charge on any atom is -0.380 e. The molecule has 0 amide bonds. The van der Waals surface area contributed by atoms with Crippen LogP contribution in [-0.4, -0.2) is 58.1 Å². The fourth-order valence-electron chi connectivity index (χ4n) is 5.45. The highest BCUT2D eigenvalue weighted by atomic mass is 32.1. The maximum atomic E-state index is 15.3. The number of thiazole rings is 1. The zero-order chi connectivity index (χ0) is 28.3. The molecule has 1 N–H and O–H groups in total. The molecule has 1 aliphatic carbocycles. The quantitative estimate of drug-likeness (QED) is 0.266. The van der Waals surface area contributed by atoms with Gasteiger partial charge in [0, 0.05) is 43.4 Å². The van der Waals surface area contributed by atoms with Gasteiger partial charge in [-0.2, -0.15) is 23.3 Å². The summed E-state index contributed by atoms with van der Waals surface area (Å²) in [4.78, 5) is 16.4. The summed E-state index contributed by atoms with van der Waals surface area (Å²) >= 11 is 1.30. The SMILES string of the molecule is CO[C@H]1CCN(c2nc3nc(C4=C[C@H](c5c[nH]nc5C5CC5)OCC4)nc(-c4ccc(C(F)(F)F)cc4F)c3s2)C1. The number of H-pyrrole nitrogens is 1. The molecule has 7 rings (SSSR count). The third kappa shape index (κ3) is 4.99. The average Bonchev–Trinajstić information content (AvgIpc) is 3.34. The number of ether oxygens (including phenoxy) is 2. The molecule has 214 valence electrons. The van der Waals surface area contributed by atoms with Crippen molar-refractivity contribution in [2.45, 2.75) is 50.0 Å². The van der Waals surface area contributed by atoms with Crippen LogP contribution in [0.15, 0.2) is 30.5 Å². The number of nitrogens with one attached hydrogen (secondary N) is 1. The molecule has 2 atom stereocenters. The molecule has 0 radical (unpaired) electrons. The Kier molecular flexibility index (Phi) is 6.55. The number of hydrogen-bond acceptors (Lipinski definition) is 8. The van der Waals surface area contributed by atoms with E-state index in [1.807, 2.05) is 12.3 Å². The van der Waals surface area contributed by atoms with Crippen molar-refractivity contribution >= 4 is 32.4 Å². The second-order valence-electron chi connectivity index (χ2n) is 10.6. The molecule has 0 spiro atoms. The van der Waals surface area contributed by atoms with Crippen LogP contribution < -0.4 is 4.90 Å². The highest BCUT2D eigenvalue weighted by Gasteiger charge is 2.34. The van der Waals surface area contributed by atoms with Crippen LogP contribution in [0.4, 0.5) is 22.7 Å². The number of aromatic nitrogens is 5. The maximum absolute atomic E-state index is 15.3. The molecule has 3 aromatic heterocycles. The Bertz CT molecular complexity index is 1650. The minimum absolute atomic E-state index is 0.0342. The van der Waals surface area contributed by atoms with Gasteiger partial charge in [-0.3, -0.25) is 5.10 Å². The summed E-state index contributed by atoms with van der Waals surface area (Å²) in [6, 6.07) is 2.52. The number of halogens is 4. The molecule has 2 fully saturated rings. The highest BCUT2D eigenvalue weighted by Crippen LogP contribution is 2.44. The molecular weight excluding hydrogens is 560 g/mol. The molecule has 41 heavy (non-hydrogen) atoms. The number of alkyl halides is 3. The van der Waals surface area contributed by atoms with Crippen LogP contribution in [0.3, 0.4) is 0 Å². The Morgan fingerprint density at radius 2 is 2.00 bits per heavy atom. The minimum atomic E-state index is -4.66. The summed E-state index contributed by atoms with van der Waals surface area (Å²) in [5.74, 6) is -0.227. The summed E-state index contributed by atoms with van der Waals surface area (Å²) < 4.78 is 67.2. The van der Waals surface area contributed by atoms with Gasteiger partial charge in [-0.1, -0.05) is 11.3 Å². The van der Waals surface area contributed by atoms with Crippen molar-refractivity contribution in [3.63, 3.8) is 0 Å². The Labute approximate surface area is 236 Å². The van der Waals surface area contributed by atoms with Gasteiger partial charge in [-0.25, -0.2) is 14.4 Å². The van der Waals surface area contributed by atoms with E-state index >= 15 is 4.39 Å². The van der Waals surface area contributed by atoms with Crippen LogP contribution in [0, 0.1) is 5.82 Å². The third-order valence-corrected chi connectivity index (χ3v) is 8.94. The molecule has 0 unspecified atom stereocenters. The number of fused-ring (bicyclic) bond motifs is 1. The van der Waals surface area contributed by atoms with E-state index in [1.54, 1.807) is 7.11 Å². The topological polar surface area (TPSA) is 89.1 Å². The molecule has 2 aliphatic heterocycles. The van der Waals surface area contributed by atoms with Gasteiger partial charge >= 0.3 is 6.18 Å². The second-order valence-corrected chi connectivity index (χ2v) is 11.5. The van der Waals surface area contributed by atoms with Gasteiger partial charge in [-0.05, 0) is 55.5 Å². The van der Waals surface area contributed by atoms with E-state index in [4.69, 9.17) is 24.4 Å². The summed E-state index contributed by atoms with van der Waals surface area (Å²) in [6.45, 7) is 1.81. The lowest BCUT2D eigenvalue weighted by molar-refractivity contribution is -0.137. The van der Waals surface area contributed by atoms with Gasteiger partial charge in [0.15, 0.2) is 16.6 Å². The number of hydrogen-bond donors (Lipinski definition) is 1. The standard InChI is InChI=1S/C28H26F4N6O2S/c1-39-17-6-8-38(13-17)27-36-26-24(41-27)23(18-5-4-16(11-20(18)29)28(30,31)32)34-25(35-26)15-7-9-40-21(10-15)19-12-33-37-22(19)14-2-3-14/h4-5,10-12,14,17,21H,2-3,6-9,13H2,1H3,(H,33,37)/t17-,21+/m0/s1. The van der Waals surface area contributed by atoms with Gasteiger partial charge < -0.3 is 14.4 Å². The Balaban J connectivity index is 1.33. The summed E-state index contributed by atoms with van der Waals surface area (Å²) in [5, 5.41) is 8.06. The van der Waals surface area contributed by atoms with E-state index < -0.39 is 17.6 Å². The fourth-order valence-corrected chi connectivity index (χ4v) is 6.49. The van der Waals surface area contributed by atoms with Crippen LogP contribution in [0.25, 0.3) is 27.2 Å². The largest absolute Gasteiger partial charge is 0.416 e. The van der Waals surface area contributed by atoms with Crippen LogP contribution in [0.5, 0.6) is 0 Å². The van der Waals surface area contributed by atoms with Crippen molar-refractivity contribution < 1.29 is 27.0 Å². The van der Waals surface area contributed by atoms with Gasteiger partial charge in [0.25, 0.3) is 0 Å². The first-order chi connectivity index (χ1) is 19.8. The number of methoxy groups -OCH3 is 1. The Hall–Kier alpha value is -3.42. The smallest absolute Gasteiger partial charge is 0.380 e. The molecular formula is C28H26F4N6O2S. The van der Waals surface area contributed by atoms with Crippen molar-refractivity contribution in [2.75, 3.05) is 31.7 Å². The van der Waals surface area contributed by atoms with Crippen LogP contribution in [-0.2, 0) is 15.7 Å². The molecule has 0 bridgehead atoms. The van der Waals surface area contributed by atoms with Crippen LogP contribution in [0.1, 0.15) is 60.4 Å². The number of benzene rings is 1. The van der Waals surface area contributed by atoms with E-state index in [0.29, 0.717) is 52.9 Å². The van der Waals surface area contributed by atoms with Crippen molar-refractivity contribution in [3.8, 4) is 11.3 Å². The van der Waals surface area contributed by atoms with E-state index in [1.165, 1.54) is 11.3 Å². The highest BCUT2D eigenvalue weighted by molar-refractivity contribution is 7.22. The van der Waals surface area contributed by atoms with Gasteiger partial charge in [-0.15, -0.1) is 0 Å². The van der Waals surface area contributed by atoms with E-state index in [0.717, 1.165) is 54.8 Å². The summed E-state index contributed by atoms with van der Waals surface area (Å²) in [6.07, 6.45) is 2.41. The van der Waals surface area contributed by atoms with Crippen molar-refractivity contribution in [1.82, 2.24) is 25.1 Å². The normalized spacial score (nSPS) is 21.6. The zero-order valence-corrected chi connectivity index (χ0v) is 22.9. The van der Waals surface area contributed by atoms with Crippen LogP contribution in [0.2, 0.25) is 0 Å². The molecule has 1 saturated carbocycles.